The van der Waals surface area contributed by atoms with Crippen molar-refractivity contribution in [2.45, 2.75) is 18.9 Å². The van der Waals surface area contributed by atoms with Gasteiger partial charge in [-0.1, -0.05) is 0 Å². The van der Waals surface area contributed by atoms with Crippen molar-refractivity contribution in [3.05, 3.63) is 45.4 Å². The summed E-state index contributed by atoms with van der Waals surface area (Å²) < 4.78 is 11.4. The summed E-state index contributed by atoms with van der Waals surface area (Å²) in [6, 6.07) is 7.76. The molecule has 1 unspecified atom stereocenters. The monoisotopic (exact) mass is 406 g/mol. The number of hydrogen-bond donors (Lipinski definition) is 2. The summed E-state index contributed by atoms with van der Waals surface area (Å²) in [6.45, 7) is 0.947. The molecule has 0 saturated carbocycles. The fraction of sp³-hybridized carbons (Fsp3) is 0.368. The molecule has 2 aromatic carbocycles. The fourth-order valence-corrected chi connectivity index (χ4v) is 3.98. The van der Waals surface area contributed by atoms with Gasteiger partial charge in [0.25, 0.3) is 0 Å². The van der Waals surface area contributed by atoms with Crippen molar-refractivity contribution in [3.63, 3.8) is 0 Å². The van der Waals surface area contributed by atoms with E-state index in [1.54, 1.807) is 14.2 Å². The minimum absolute atomic E-state index is 0.142. The number of fused-ring (bicyclic) bond motifs is 1. The highest BCUT2D eigenvalue weighted by atomic mass is 79.9. The van der Waals surface area contributed by atoms with Gasteiger partial charge in [0.2, 0.25) is 0 Å². The summed E-state index contributed by atoms with van der Waals surface area (Å²) in [7, 11) is 5.30. The third kappa shape index (κ3) is 3.41. The lowest BCUT2D eigenvalue weighted by Gasteiger charge is -2.35. The summed E-state index contributed by atoms with van der Waals surface area (Å²) >= 11 is 3.53. The van der Waals surface area contributed by atoms with Crippen molar-refractivity contribution in [2.75, 3.05) is 33.5 Å². The molecule has 0 fully saturated rings. The number of phenols is 1. The topological polar surface area (TPSA) is 67.9 Å². The van der Waals surface area contributed by atoms with Gasteiger partial charge in [-0.05, 0) is 70.7 Å². The lowest BCUT2D eigenvalue weighted by Crippen LogP contribution is -2.33. The second kappa shape index (κ2) is 7.14. The largest absolute Gasteiger partial charge is 0.504 e. The molecule has 0 aromatic heterocycles. The number of nitrogens with two attached hydrogens (primary N) is 1. The van der Waals surface area contributed by atoms with Gasteiger partial charge >= 0.3 is 0 Å². The smallest absolute Gasteiger partial charge is 0.160 e. The SMILES string of the molecule is COc1cc2c(cc1O)C(Cc1cc(Br)c(OC)cc1N)N(C)CC2. The van der Waals surface area contributed by atoms with E-state index >= 15 is 0 Å². The molecule has 1 aliphatic rings. The molecule has 0 radical (unpaired) electrons. The van der Waals surface area contributed by atoms with E-state index in [0.29, 0.717) is 11.4 Å². The fourth-order valence-electron chi connectivity index (χ4n) is 3.42. The molecule has 0 amide bonds. The number of nitrogen functional groups attached to an aromatic ring is 1. The molecule has 3 rings (SSSR count). The standard InChI is InChI=1S/C19H23BrN2O3/c1-22-5-4-11-8-19(25-3)17(23)9-13(11)16(22)7-12-6-14(20)18(24-2)10-15(12)21/h6,8-10,16,23H,4-5,7,21H2,1-3H3. The van der Waals surface area contributed by atoms with Crippen LogP contribution in [-0.4, -0.2) is 37.8 Å². The molecule has 0 bridgehead atoms. The van der Waals surface area contributed by atoms with E-state index in [9.17, 15) is 5.11 Å². The van der Waals surface area contributed by atoms with Crippen LogP contribution >= 0.6 is 15.9 Å². The number of methoxy groups -OCH3 is 2. The zero-order valence-electron chi connectivity index (χ0n) is 14.7. The maximum absolute atomic E-state index is 10.2. The molecule has 6 heteroatoms. The van der Waals surface area contributed by atoms with Crippen LogP contribution in [0.4, 0.5) is 5.69 Å². The summed E-state index contributed by atoms with van der Waals surface area (Å²) in [6.07, 6.45) is 1.68. The van der Waals surface area contributed by atoms with Crippen LogP contribution < -0.4 is 15.2 Å². The maximum atomic E-state index is 10.2. The Morgan fingerprint density at radius 1 is 1.20 bits per heavy atom. The molecule has 2 aromatic rings. The van der Waals surface area contributed by atoms with Crippen LogP contribution in [-0.2, 0) is 12.8 Å². The van der Waals surface area contributed by atoms with E-state index in [0.717, 1.165) is 40.7 Å². The number of halogens is 1. The predicted molar refractivity (Wildman–Crippen MR) is 103 cm³/mol. The number of likely N-dealkylation sites (N-methyl/N-ethyl adjacent to an activating group) is 1. The van der Waals surface area contributed by atoms with E-state index in [4.69, 9.17) is 15.2 Å². The molecule has 25 heavy (non-hydrogen) atoms. The Morgan fingerprint density at radius 3 is 2.60 bits per heavy atom. The van der Waals surface area contributed by atoms with Crippen molar-refractivity contribution < 1.29 is 14.6 Å². The molecule has 1 heterocycles. The van der Waals surface area contributed by atoms with Crippen LogP contribution in [0.2, 0.25) is 0 Å². The molecule has 0 spiro atoms. The maximum Gasteiger partial charge on any atom is 0.160 e. The Balaban J connectivity index is 1.99. The number of aromatic hydroxyl groups is 1. The van der Waals surface area contributed by atoms with Crippen LogP contribution in [0.5, 0.6) is 17.2 Å². The summed E-state index contributed by atoms with van der Waals surface area (Å²) in [5, 5.41) is 10.2. The first kappa shape index (κ1) is 17.9. The number of benzene rings is 2. The third-order valence-corrected chi connectivity index (χ3v) is 5.51. The van der Waals surface area contributed by atoms with Crippen molar-refractivity contribution >= 4 is 21.6 Å². The first-order chi connectivity index (χ1) is 11.9. The normalized spacial score (nSPS) is 17.2. The third-order valence-electron chi connectivity index (χ3n) is 4.89. The second-order valence-electron chi connectivity index (χ2n) is 6.36. The number of ether oxygens (including phenoxy) is 2. The van der Waals surface area contributed by atoms with Gasteiger partial charge < -0.3 is 20.3 Å². The Morgan fingerprint density at radius 2 is 1.92 bits per heavy atom. The first-order valence-electron chi connectivity index (χ1n) is 8.16. The van der Waals surface area contributed by atoms with E-state index in [1.165, 1.54) is 5.56 Å². The Kier molecular flexibility index (Phi) is 5.11. The first-order valence-corrected chi connectivity index (χ1v) is 8.95. The van der Waals surface area contributed by atoms with Gasteiger partial charge in [-0.2, -0.15) is 0 Å². The highest BCUT2D eigenvalue weighted by molar-refractivity contribution is 9.10. The van der Waals surface area contributed by atoms with Gasteiger partial charge in [-0.25, -0.2) is 0 Å². The van der Waals surface area contributed by atoms with Crippen molar-refractivity contribution in [1.29, 1.82) is 0 Å². The van der Waals surface area contributed by atoms with Gasteiger partial charge in [0.1, 0.15) is 5.75 Å². The van der Waals surface area contributed by atoms with Crippen LogP contribution in [0.3, 0.4) is 0 Å². The summed E-state index contributed by atoms with van der Waals surface area (Å²) in [5.41, 5.74) is 10.3. The van der Waals surface area contributed by atoms with Gasteiger partial charge in [0.05, 0.1) is 18.7 Å². The van der Waals surface area contributed by atoms with E-state index in [2.05, 4.69) is 27.9 Å². The average Bonchev–Trinajstić information content (AvgIpc) is 2.59. The molecule has 0 saturated heterocycles. The second-order valence-corrected chi connectivity index (χ2v) is 7.21. The number of hydrogen-bond acceptors (Lipinski definition) is 5. The Labute approximate surface area is 156 Å². The van der Waals surface area contributed by atoms with Gasteiger partial charge in [0.15, 0.2) is 11.5 Å². The minimum atomic E-state index is 0.142. The summed E-state index contributed by atoms with van der Waals surface area (Å²) in [4.78, 5) is 2.30. The van der Waals surface area contributed by atoms with E-state index in [1.807, 2.05) is 24.3 Å². The zero-order valence-corrected chi connectivity index (χ0v) is 16.3. The highest BCUT2D eigenvalue weighted by Crippen LogP contribution is 2.40. The zero-order chi connectivity index (χ0) is 18.1. The average molecular weight is 407 g/mol. The van der Waals surface area contributed by atoms with Crippen molar-refractivity contribution in [2.24, 2.45) is 0 Å². The van der Waals surface area contributed by atoms with E-state index < -0.39 is 0 Å². The Hall–Kier alpha value is -1.92. The van der Waals surface area contributed by atoms with Crippen molar-refractivity contribution in [1.82, 2.24) is 4.90 Å². The number of nitrogens with zero attached hydrogens (tertiary/aromatic N) is 1. The van der Waals surface area contributed by atoms with Crippen LogP contribution in [0.25, 0.3) is 0 Å². The van der Waals surface area contributed by atoms with Crippen molar-refractivity contribution in [3.8, 4) is 17.2 Å². The van der Waals surface area contributed by atoms with Gasteiger partial charge in [0, 0.05) is 24.3 Å². The number of anilines is 1. The van der Waals surface area contributed by atoms with Gasteiger partial charge in [-0.15, -0.1) is 0 Å². The van der Waals surface area contributed by atoms with Gasteiger partial charge in [-0.3, -0.25) is 4.90 Å². The predicted octanol–water partition coefficient (Wildman–Crippen LogP) is 3.53. The summed E-state index contributed by atoms with van der Waals surface area (Å²) in [5.74, 6) is 1.42. The number of phenolic OH excluding ortho intramolecular Hbond substituents is 1. The van der Waals surface area contributed by atoms with E-state index in [-0.39, 0.29) is 11.8 Å². The molecule has 3 N–H and O–H groups in total. The lowest BCUT2D eigenvalue weighted by molar-refractivity contribution is 0.228. The van der Waals surface area contributed by atoms with Crippen LogP contribution in [0, 0.1) is 0 Å². The lowest BCUT2D eigenvalue weighted by atomic mass is 9.88. The molecule has 1 atom stereocenters. The minimum Gasteiger partial charge on any atom is -0.504 e. The molecule has 0 aliphatic carbocycles. The quantitative estimate of drug-likeness (QED) is 0.760. The molecule has 134 valence electrons. The van der Waals surface area contributed by atoms with Crippen LogP contribution in [0.1, 0.15) is 22.7 Å². The molecular formula is C19H23BrN2O3. The van der Waals surface area contributed by atoms with Crippen LogP contribution in [0.15, 0.2) is 28.7 Å². The molecule has 5 nitrogen and oxygen atoms in total. The molecule has 1 aliphatic heterocycles. The highest BCUT2D eigenvalue weighted by Gasteiger charge is 2.27. The Bertz CT molecular complexity index is 795. The number of rotatable bonds is 4. The molecular weight excluding hydrogens is 384 g/mol.